The Morgan fingerprint density at radius 1 is 1.00 bits per heavy atom. The van der Waals surface area contributed by atoms with E-state index < -0.39 is 0 Å². The van der Waals surface area contributed by atoms with E-state index in [9.17, 15) is 9.59 Å². The Kier molecular flexibility index (Phi) is 6.92. The second kappa shape index (κ2) is 9.81. The van der Waals surface area contributed by atoms with Crippen LogP contribution in [-0.4, -0.2) is 90.5 Å². The van der Waals surface area contributed by atoms with Gasteiger partial charge >= 0.3 is 5.97 Å². The number of fused-ring (bicyclic) bond motifs is 1. The monoisotopic (exact) mass is 427 g/mol. The largest absolute Gasteiger partial charge is 0.468 e. The van der Waals surface area contributed by atoms with Crippen LogP contribution in [0.5, 0.6) is 0 Å². The van der Waals surface area contributed by atoms with E-state index in [-0.39, 0.29) is 17.1 Å². The van der Waals surface area contributed by atoms with Crippen molar-refractivity contribution in [1.29, 1.82) is 0 Å². The van der Waals surface area contributed by atoms with Crippen molar-refractivity contribution in [3.8, 4) is 0 Å². The van der Waals surface area contributed by atoms with E-state index in [1.807, 2.05) is 4.90 Å². The quantitative estimate of drug-likeness (QED) is 0.681. The molecule has 4 rings (SSSR count). The van der Waals surface area contributed by atoms with Crippen LogP contribution in [0.4, 0.5) is 0 Å². The van der Waals surface area contributed by atoms with Gasteiger partial charge in [-0.2, -0.15) is 0 Å². The topological polar surface area (TPSA) is 53.1 Å². The van der Waals surface area contributed by atoms with Gasteiger partial charge in [-0.3, -0.25) is 19.4 Å². The summed E-state index contributed by atoms with van der Waals surface area (Å²) in [6, 6.07) is 15.0. The minimum Gasteiger partial charge on any atom is -0.468 e. The van der Waals surface area contributed by atoms with Crippen molar-refractivity contribution in [3.63, 3.8) is 0 Å². The van der Waals surface area contributed by atoms with E-state index in [0.29, 0.717) is 19.6 Å². The molecule has 0 radical (unpaired) electrons. The average molecular weight is 428 g/mol. The number of piperazine rings is 1. The lowest BCUT2D eigenvalue weighted by Gasteiger charge is -2.37. The number of benzene rings is 2. The van der Waals surface area contributed by atoms with Crippen LogP contribution in [0.25, 0.3) is 10.8 Å². The number of methoxy groups -OCH3 is 1. The van der Waals surface area contributed by atoms with Gasteiger partial charge in [0.25, 0.3) is 0 Å². The van der Waals surface area contributed by atoms with Crippen molar-refractivity contribution in [1.82, 2.24) is 14.7 Å². The summed E-state index contributed by atoms with van der Waals surface area (Å²) in [6.45, 7) is 6.22. The molecule has 2 saturated heterocycles. The molecule has 0 saturated carbocycles. The zero-order valence-corrected chi connectivity index (χ0v) is 18.3. The minimum absolute atomic E-state index is 0.117. The van der Waals surface area contributed by atoms with Crippen LogP contribution in [0, 0.1) is 0 Å². The molecular weight excluding hydrogens is 398 g/mol. The van der Waals surface area contributed by atoms with Crippen LogP contribution >= 0.6 is 11.8 Å². The number of thioether (sulfide) groups is 1. The molecule has 2 aliphatic heterocycles. The maximum Gasteiger partial charge on any atom is 0.320 e. The molecule has 7 heteroatoms. The molecule has 2 fully saturated rings. The highest BCUT2D eigenvalue weighted by Crippen LogP contribution is 2.22. The van der Waals surface area contributed by atoms with Gasteiger partial charge in [-0.15, -0.1) is 11.8 Å². The molecule has 0 aliphatic carbocycles. The summed E-state index contributed by atoms with van der Waals surface area (Å²) in [5.74, 6) is 0.663. The Bertz CT molecular complexity index is 893. The number of rotatable bonds is 5. The van der Waals surface area contributed by atoms with E-state index in [1.165, 1.54) is 23.4 Å². The standard InChI is InChI=1S/C23H29N3O3S/c1-29-23(28)21-16-26(13-14-30-21)22(27)17-25-11-9-24(10-12-25)15-19-7-4-6-18-5-2-3-8-20(18)19/h2-8,21H,9-17H2,1H3/t21-/m1/s1. The second-order valence-electron chi connectivity index (χ2n) is 7.91. The van der Waals surface area contributed by atoms with Crippen LogP contribution in [0.2, 0.25) is 0 Å². The smallest absolute Gasteiger partial charge is 0.320 e. The molecule has 2 aromatic rings. The summed E-state index contributed by atoms with van der Waals surface area (Å²) in [5, 5.41) is 2.34. The van der Waals surface area contributed by atoms with Crippen molar-refractivity contribution in [2.24, 2.45) is 0 Å². The fourth-order valence-electron chi connectivity index (χ4n) is 4.22. The number of hydrogen-bond acceptors (Lipinski definition) is 6. The van der Waals surface area contributed by atoms with Crippen LogP contribution in [0.3, 0.4) is 0 Å². The molecule has 1 amide bonds. The molecule has 2 heterocycles. The lowest BCUT2D eigenvalue weighted by Crippen LogP contribution is -2.52. The first-order valence-electron chi connectivity index (χ1n) is 10.5. The van der Waals surface area contributed by atoms with Gasteiger partial charge in [-0.1, -0.05) is 42.5 Å². The predicted octanol–water partition coefficient (Wildman–Crippen LogP) is 2.07. The molecule has 0 bridgehead atoms. The lowest BCUT2D eigenvalue weighted by atomic mass is 10.0. The molecule has 2 aliphatic rings. The zero-order valence-electron chi connectivity index (χ0n) is 17.5. The molecule has 1 atom stereocenters. The van der Waals surface area contributed by atoms with E-state index in [0.717, 1.165) is 38.5 Å². The first kappa shape index (κ1) is 21.2. The molecule has 0 spiro atoms. The summed E-state index contributed by atoms with van der Waals surface area (Å²) >= 11 is 1.58. The third kappa shape index (κ3) is 4.96. The van der Waals surface area contributed by atoms with Gasteiger partial charge in [0.1, 0.15) is 5.25 Å². The maximum atomic E-state index is 12.8. The molecule has 2 aromatic carbocycles. The Morgan fingerprint density at radius 2 is 1.73 bits per heavy atom. The lowest BCUT2D eigenvalue weighted by molar-refractivity contribution is -0.141. The number of nitrogens with zero attached hydrogens (tertiary/aromatic N) is 3. The van der Waals surface area contributed by atoms with Crippen molar-refractivity contribution < 1.29 is 14.3 Å². The van der Waals surface area contributed by atoms with E-state index in [1.54, 1.807) is 11.8 Å². The number of carbonyl (C=O) groups is 2. The summed E-state index contributed by atoms with van der Waals surface area (Å²) in [6.07, 6.45) is 0. The highest BCUT2D eigenvalue weighted by atomic mass is 32.2. The molecular formula is C23H29N3O3S. The van der Waals surface area contributed by atoms with Gasteiger partial charge in [0.15, 0.2) is 0 Å². The third-order valence-electron chi connectivity index (χ3n) is 5.98. The summed E-state index contributed by atoms with van der Waals surface area (Å²) in [4.78, 5) is 31.1. The minimum atomic E-state index is -0.259. The van der Waals surface area contributed by atoms with E-state index in [2.05, 4.69) is 52.3 Å². The fraction of sp³-hybridized carbons (Fsp3) is 0.478. The van der Waals surface area contributed by atoms with Crippen molar-refractivity contribution >= 4 is 34.4 Å². The van der Waals surface area contributed by atoms with E-state index in [4.69, 9.17) is 4.74 Å². The molecule has 6 nitrogen and oxygen atoms in total. The van der Waals surface area contributed by atoms with Gasteiger partial charge in [0, 0.05) is 51.6 Å². The van der Waals surface area contributed by atoms with Crippen LogP contribution < -0.4 is 0 Å². The van der Waals surface area contributed by atoms with Crippen LogP contribution in [0.1, 0.15) is 5.56 Å². The molecule has 0 N–H and O–H groups in total. The van der Waals surface area contributed by atoms with Crippen molar-refractivity contribution in [2.45, 2.75) is 11.8 Å². The van der Waals surface area contributed by atoms with Crippen molar-refractivity contribution in [2.75, 3.05) is 58.7 Å². The Balaban J connectivity index is 1.27. The first-order valence-corrected chi connectivity index (χ1v) is 11.6. The summed E-state index contributed by atoms with van der Waals surface area (Å²) in [5.41, 5.74) is 1.36. The number of esters is 1. The molecule has 0 aromatic heterocycles. The van der Waals surface area contributed by atoms with Gasteiger partial charge in [0.05, 0.1) is 13.7 Å². The summed E-state index contributed by atoms with van der Waals surface area (Å²) < 4.78 is 4.84. The van der Waals surface area contributed by atoms with E-state index >= 15 is 0 Å². The fourth-order valence-corrected chi connectivity index (χ4v) is 5.35. The normalized spacial score (nSPS) is 21.0. The van der Waals surface area contributed by atoms with Crippen LogP contribution in [0.15, 0.2) is 42.5 Å². The Labute approximate surface area is 182 Å². The third-order valence-corrected chi connectivity index (χ3v) is 7.14. The highest BCUT2D eigenvalue weighted by Gasteiger charge is 2.30. The van der Waals surface area contributed by atoms with Crippen LogP contribution in [-0.2, 0) is 20.9 Å². The number of ether oxygens (including phenoxy) is 1. The van der Waals surface area contributed by atoms with Gasteiger partial charge in [-0.25, -0.2) is 0 Å². The number of carbonyl (C=O) groups excluding carboxylic acids is 2. The highest BCUT2D eigenvalue weighted by molar-refractivity contribution is 8.00. The summed E-state index contributed by atoms with van der Waals surface area (Å²) in [7, 11) is 1.40. The molecule has 30 heavy (non-hydrogen) atoms. The second-order valence-corrected chi connectivity index (χ2v) is 9.22. The number of amides is 1. The zero-order chi connectivity index (χ0) is 20.9. The number of hydrogen-bond donors (Lipinski definition) is 0. The van der Waals surface area contributed by atoms with Gasteiger partial charge < -0.3 is 9.64 Å². The SMILES string of the molecule is COC(=O)[C@H]1CN(C(=O)CN2CCN(Cc3cccc4ccccc34)CC2)CCS1. The predicted molar refractivity (Wildman–Crippen MR) is 121 cm³/mol. The van der Waals surface area contributed by atoms with Crippen molar-refractivity contribution in [3.05, 3.63) is 48.0 Å². The average Bonchev–Trinajstić information content (AvgIpc) is 2.80. The Morgan fingerprint density at radius 3 is 2.53 bits per heavy atom. The first-order chi connectivity index (χ1) is 14.6. The van der Waals surface area contributed by atoms with Gasteiger partial charge in [-0.05, 0) is 16.3 Å². The molecule has 0 unspecified atom stereocenters. The molecule has 160 valence electrons. The van der Waals surface area contributed by atoms with Gasteiger partial charge in [0.2, 0.25) is 5.91 Å². The maximum absolute atomic E-state index is 12.8. The Hall–Kier alpha value is -2.09.